The van der Waals surface area contributed by atoms with Crippen molar-refractivity contribution in [2.24, 2.45) is 0 Å². The summed E-state index contributed by atoms with van der Waals surface area (Å²) in [6, 6.07) is 3.40. The highest BCUT2D eigenvalue weighted by Gasteiger charge is 2.22. The lowest BCUT2D eigenvalue weighted by Crippen LogP contribution is -2.48. The van der Waals surface area contributed by atoms with E-state index >= 15 is 0 Å². The van der Waals surface area contributed by atoms with E-state index in [1.807, 2.05) is 11.9 Å². The number of nitrogens with zero attached hydrogens (tertiary/aromatic N) is 4. The number of pyridine rings is 1. The summed E-state index contributed by atoms with van der Waals surface area (Å²) >= 11 is 0. The minimum absolute atomic E-state index is 0.0367. The first kappa shape index (κ1) is 15.1. The fourth-order valence-corrected chi connectivity index (χ4v) is 2.18. The van der Waals surface area contributed by atoms with E-state index in [1.54, 1.807) is 24.1 Å². The van der Waals surface area contributed by atoms with Gasteiger partial charge in [-0.25, -0.2) is 4.98 Å². The highest BCUT2D eigenvalue weighted by Crippen LogP contribution is 2.15. The number of hydrogen-bond acceptors (Lipinski definition) is 5. The predicted octanol–water partition coefficient (Wildman–Crippen LogP) is -0.239. The second kappa shape index (κ2) is 6.45. The number of hydrogen-bond donors (Lipinski definition) is 0. The Bertz CT molecular complexity index is 561. The summed E-state index contributed by atoms with van der Waals surface area (Å²) in [7, 11) is 3.46. The molecule has 0 unspecified atom stereocenters. The largest absolute Gasteiger partial charge is 0.336 e. The molecule has 1 fully saturated rings. The van der Waals surface area contributed by atoms with Gasteiger partial charge in [0.2, 0.25) is 12.3 Å². The molecule has 2 heterocycles. The number of likely N-dealkylation sites (N-methyl/N-ethyl adjacent to an activating group) is 1. The van der Waals surface area contributed by atoms with Crippen LogP contribution in [0.5, 0.6) is 0 Å². The Morgan fingerprint density at radius 3 is 2.71 bits per heavy atom. The highest BCUT2D eigenvalue weighted by molar-refractivity contribution is 5.80. The summed E-state index contributed by atoms with van der Waals surface area (Å²) in [6.45, 7) is 2.18. The monoisotopic (exact) mass is 290 g/mol. The molecular formula is C14H18N4O3. The third kappa shape index (κ3) is 3.43. The van der Waals surface area contributed by atoms with Gasteiger partial charge in [-0.15, -0.1) is 0 Å². The van der Waals surface area contributed by atoms with Crippen LogP contribution in [0.15, 0.2) is 12.1 Å². The molecule has 112 valence electrons. The van der Waals surface area contributed by atoms with E-state index in [0.29, 0.717) is 43.7 Å². The molecule has 21 heavy (non-hydrogen) atoms. The Morgan fingerprint density at radius 2 is 2.10 bits per heavy atom. The molecule has 0 bridgehead atoms. The summed E-state index contributed by atoms with van der Waals surface area (Å²) in [5, 5.41) is 0. The van der Waals surface area contributed by atoms with Crippen molar-refractivity contribution < 1.29 is 14.4 Å². The van der Waals surface area contributed by atoms with Crippen LogP contribution in [0.3, 0.4) is 0 Å². The summed E-state index contributed by atoms with van der Waals surface area (Å²) in [6.07, 6.45) is 1.28. The topological polar surface area (TPSA) is 73.8 Å². The Labute approximate surface area is 123 Å². The molecule has 1 aromatic heterocycles. The molecule has 1 aliphatic heterocycles. The fraction of sp³-hybridized carbons (Fsp3) is 0.429. The molecule has 1 saturated heterocycles. The summed E-state index contributed by atoms with van der Waals surface area (Å²) in [5.41, 5.74) is 0.943. The number of carbonyl (C=O) groups excluding carboxylic acids is 3. The Balaban J connectivity index is 2.18. The number of amides is 2. The number of aromatic nitrogens is 1. The van der Waals surface area contributed by atoms with Crippen molar-refractivity contribution in [2.45, 2.75) is 6.54 Å². The average molecular weight is 290 g/mol. The molecule has 0 aromatic carbocycles. The first-order chi connectivity index (χ1) is 10.0. The molecule has 0 spiro atoms. The van der Waals surface area contributed by atoms with Crippen molar-refractivity contribution in [3.05, 3.63) is 23.4 Å². The zero-order valence-electron chi connectivity index (χ0n) is 12.2. The van der Waals surface area contributed by atoms with Gasteiger partial charge in [0.1, 0.15) is 11.5 Å². The molecule has 1 aliphatic rings. The van der Waals surface area contributed by atoms with Gasteiger partial charge in [0.15, 0.2) is 6.29 Å². The van der Waals surface area contributed by atoms with Gasteiger partial charge in [-0.3, -0.25) is 19.3 Å². The smallest absolute Gasteiger partial charge is 0.237 e. The van der Waals surface area contributed by atoms with E-state index in [1.165, 1.54) is 4.90 Å². The van der Waals surface area contributed by atoms with Crippen molar-refractivity contribution in [1.82, 2.24) is 14.8 Å². The van der Waals surface area contributed by atoms with Crippen LogP contribution in [0.2, 0.25) is 0 Å². The van der Waals surface area contributed by atoms with Crippen LogP contribution in [0.25, 0.3) is 0 Å². The fourth-order valence-electron chi connectivity index (χ4n) is 2.18. The lowest BCUT2D eigenvalue weighted by atomic mass is 10.1. The molecule has 0 N–H and O–H groups in total. The molecule has 0 radical (unpaired) electrons. The van der Waals surface area contributed by atoms with Crippen LogP contribution in [-0.2, 0) is 16.1 Å². The number of anilines is 1. The first-order valence-corrected chi connectivity index (χ1v) is 6.64. The van der Waals surface area contributed by atoms with Crippen molar-refractivity contribution >= 4 is 24.4 Å². The molecular weight excluding hydrogens is 272 g/mol. The van der Waals surface area contributed by atoms with E-state index in [2.05, 4.69) is 4.98 Å². The maximum atomic E-state index is 12.0. The van der Waals surface area contributed by atoms with Crippen molar-refractivity contribution in [2.75, 3.05) is 38.6 Å². The zero-order chi connectivity index (χ0) is 15.4. The summed E-state index contributed by atoms with van der Waals surface area (Å²) in [4.78, 5) is 43.0. The van der Waals surface area contributed by atoms with Crippen LogP contribution in [-0.4, -0.2) is 67.1 Å². The van der Waals surface area contributed by atoms with Gasteiger partial charge >= 0.3 is 0 Å². The molecule has 2 amide bonds. The molecule has 7 nitrogen and oxygen atoms in total. The summed E-state index contributed by atoms with van der Waals surface area (Å²) in [5.74, 6) is 0.440. The zero-order valence-corrected chi connectivity index (χ0v) is 12.2. The summed E-state index contributed by atoms with van der Waals surface area (Å²) < 4.78 is 0. The maximum absolute atomic E-state index is 12.0. The minimum atomic E-state index is 0.0367. The van der Waals surface area contributed by atoms with Crippen molar-refractivity contribution in [3.8, 4) is 0 Å². The van der Waals surface area contributed by atoms with Gasteiger partial charge in [-0.2, -0.15) is 0 Å². The Hall–Kier alpha value is -2.28. The van der Waals surface area contributed by atoms with Gasteiger partial charge in [-0.05, 0) is 13.1 Å². The SMILES string of the molecule is CN1CCN(Cc2ccc(N(C)C=O)nc2C=O)C(=O)C1. The van der Waals surface area contributed by atoms with Crippen LogP contribution < -0.4 is 4.90 Å². The first-order valence-electron chi connectivity index (χ1n) is 6.64. The Kier molecular flexibility index (Phi) is 4.64. The van der Waals surface area contributed by atoms with E-state index < -0.39 is 0 Å². The van der Waals surface area contributed by atoms with Crippen LogP contribution in [0.1, 0.15) is 16.1 Å². The average Bonchev–Trinajstić information content (AvgIpc) is 2.49. The highest BCUT2D eigenvalue weighted by atomic mass is 16.2. The van der Waals surface area contributed by atoms with Crippen LogP contribution in [0.4, 0.5) is 5.82 Å². The Morgan fingerprint density at radius 1 is 1.33 bits per heavy atom. The van der Waals surface area contributed by atoms with Gasteiger partial charge in [-0.1, -0.05) is 6.07 Å². The third-order valence-corrected chi connectivity index (χ3v) is 3.50. The molecule has 0 aliphatic carbocycles. The maximum Gasteiger partial charge on any atom is 0.237 e. The van der Waals surface area contributed by atoms with E-state index in [-0.39, 0.29) is 11.6 Å². The second-order valence-corrected chi connectivity index (χ2v) is 5.10. The normalized spacial score (nSPS) is 15.9. The molecule has 2 rings (SSSR count). The lowest BCUT2D eigenvalue weighted by Gasteiger charge is -2.32. The standard InChI is InChI=1S/C14H18N4O3/c1-16-5-6-18(14(21)8-16)7-11-3-4-13(17(2)10-20)15-12(11)9-19/h3-4,9-10H,5-8H2,1-2H3. The molecule has 0 saturated carbocycles. The van der Waals surface area contributed by atoms with E-state index in [4.69, 9.17) is 0 Å². The van der Waals surface area contributed by atoms with Gasteiger partial charge in [0, 0.05) is 32.2 Å². The van der Waals surface area contributed by atoms with Crippen molar-refractivity contribution in [1.29, 1.82) is 0 Å². The number of aldehydes is 1. The second-order valence-electron chi connectivity index (χ2n) is 5.10. The molecule has 7 heteroatoms. The van der Waals surface area contributed by atoms with E-state index in [0.717, 1.165) is 6.54 Å². The third-order valence-electron chi connectivity index (χ3n) is 3.50. The quantitative estimate of drug-likeness (QED) is 0.700. The predicted molar refractivity (Wildman–Crippen MR) is 77.0 cm³/mol. The van der Waals surface area contributed by atoms with E-state index in [9.17, 15) is 14.4 Å². The van der Waals surface area contributed by atoms with Gasteiger partial charge < -0.3 is 9.80 Å². The lowest BCUT2D eigenvalue weighted by molar-refractivity contribution is -0.136. The minimum Gasteiger partial charge on any atom is -0.336 e. The molecule has 0 atom stereocenters. The van der Waals surface area contributed by atoms with Gasteiger partial charge in [0.25, 0.3) is 0 Å². The number of piperazine rings is 1. The van der Waals surface area contributed by atoms with Crippen LogP contribution in [0, 0.1) is 0 Å². The number of rotatable bonds is 5. The van der Waals surface area contributed by atoms with Gasteiger partial charge in [0.05, 0.1) is 6.54 Å². The molecule has 1 aromatic rings. The van der Waals surface area contributed by atoms with Crippen LogP contribution >= 0.6 is 0 Å². The van der Waals surface area contributed by atoms with Crippen molar-refractivity contribution in [3.63, 3.8) is 0 Å². The number of carbonyl (C=O) groups is 3.